The minimum absolute atomic E-state index is 0.171. The second-order valence-electron chi connectivity index (χ2n) is 0.922. The van der Waals surface area contributed by atoms with Crippen molar-refractivity contribution in [1.29, 1.82) is 0 Å². The topological polar surface area (TPSA) is 17.1 Å². The van der Waals surface area contributed by atoms with Crippen LogP contribution in [0.1, 0.15) is 6.92 Å². The third kappa shape index (κ3) is 4.58. The molecular formula is C3H5ClORu. The van der Waals surface area contributed by atoms with E-state index in [4.69, 9.17) is 9.69 Å². The Morgan fingerprint density at radius 1 is 2.00 bits per heavy atom. The van der Waals surface area contributed by atoms with E-state index in [-0.39, 0.29) is 21.9 Å². The summed E-state index contributed by atoms with van der Waals surface area (Å²) < 4.78 is 0. The zero-order valence-electron chi connectivity index (χ0n) is 3.35. The van der Waals surface area contributed by atoms with E-state index in [1.54, 1.807) is 6.92 Å². The van der Waals surface area contributed by atoms with E-state index in [0.29, 0.717) is 5.02 Å². The van der Waals surface area contributed by atoms with Gasteiger partial charge in [0.25, 0.3) is 0 Å². The number of halogens is 1. The maximum absolute atomic E-state index is 9.98. The first kappa shape index (κ1) is 6.58. The van der Waals surface area contributed by atoms with E-state index in [9.17, 15) is 4.79 Å². The molecule has 0 amide bonds. The Kier molecular flexibility index (Phi) is 4.13. The second kappa shape index (κ2) is 3.76. The fourth-order valence-electron chi connectivity index (χ4n) is 0.0665. The van der Waals surface area contributed by atoms with Crippen LogP contribution in [0, 0.1) is 0 Å². The molecule has 0 heterocycles. The van der Waals surface area contributed by atoms with Crippen LogP contribution in [0.25, 0.3) is 0 Å². The van der Waals surface area contributed by atoms with Crippen molar-refractivity contribution in [2.45, 2.75) is 11.9 Å². The van der Waals surface area contributed by atoms with E-state index >= 15 is 0 Å². The van der Waals surface area contributed by atoms with Gasteiger partial charge in [0, 0.05) is 0 Å². The van der Waals surface area contributed by atoms with Gasteiger partial charge in [-0.3, -0.25) is 0 Å². The van der Waals surface area contributed by atoms with Gasteiger partial charge in [0.15, 0.2) is 0 Å². The monoisotopic (exact) mass is 194 g/mol. The van der Waals surface area contributed by atoms with Crippen LogP contribution in [0.4, 0.5) is 0 Å². The first-order valence-corrected chi connectivity index (χ1v) is 4.91. The fourth-order valence-corrected chi connectivity index (χ4v) is 1.18. The number of Topliss-reactive ketones (excluding diaryl/α,β-unsaturated/α-hetero) is 1. The van der Waals surface area contributed by atoms with Crippen molar-refractivity contribution in [3.05, 3.63) is 0 Å². The summed E-state index contributed by atoms with van der Waals surface area (Å²) in [5.41, 5.74) is 0. The molecule has 0 aromatic rings. The Labute approximate surface area is 48.7 Å². The SMILES string of the molecule is CC(=O)[CH2][Ru][Cl]. The van der Waals surface area contributed by atoms with Crippen molar-refractivity contribution in [3.8, 4) is 0 Å². The summed E-state index contributed by atoms with van der Waals surface area (Å²) in [6.07, 6.45) is 0. The van der Waals surface area contributed by atoms with Crippen LogP contribution in [0.15, 0.2) is 0 Å². The zero-order chi connectivity index (χ0) is 4.99. The van der Waals surface area contributed by atoms with E-state index < -0.39 is 0 Å². The molecule has 0 fully saturated rings. The third-order valence-corrected chi connectivity index (χ3v) is 1.88. The molecule has 0 radical (unpaired) electrons. The molecule has 0 atom stereocenters. The molecule has 0 bridgehead atoms. The number of hydrogen-bond donors (Lipinski definition) is 0. The van der Waals surface area contributed by atoms with Crippen LogP contribution >= 0.6 is 9.69 Å². The normalized spacial score (nSPS) is 9.00. The number of hydrogen-bond acceptors (Lipinski definition) is 1. The molecule has 0 rings (SSSR count). The van der Waals surface area contributed by atoms with Gasteiger partial charge in [-0.05, 0) is 0 Å². The second-order valence-corrected chi connectivity index (χ2v) is 3.12. The predicted molar refractivity (Wildman–Crippen MR) is 21.3 cm³/mol. The fraction of sp³-hybridized carbons (Fsp3) is 0.667. The Balaban J connectivity index is 2.83. The molecular weight excluding hydrogens is 189 g/mol. The Bertz CT molecular complexity index is 54.8. The third-order valence-electron chi connectivity index (χ3n) is 0.223. The standard InChI is InChI=1S/C3H5O.ClH.Ru/c1-3(2)4;;/h1H2,2H3;1H;/q;;+1/p-1. The van der Waals surface area contributed by atoms with Crippen LogP contribution in [0.2, 0.25) is 5.02 Å². The summed E-state index contributed by atoms with van der Waals surface area (Å²) in [4.78, 5) is 9.98. The Morgan fingerprint density at radius 2 is 2.50 bits per heavy atom. The van der Waals surface area contributed by atoms with Crippen molar-refractivity contribution >= 4 is 15.5 Å². The average molecular weight is 194 g/mol. The van der Waals surface area contributed by atoms with Crippen LogP contribution < -0.4 is 0 Å². The van der Waals surface area contributed by atoms with E-state index in [1.165, 1.54) is 0 Å². The first-order chi connectivity index (χ1) is 2.77. The quantitative estimate of drug-likeness (QED) is 0.603. The molecule has 0 aliphatic rings. The molecule has 0 aliphatic carbocycles. The number of rotatable bonds is 2. The molecule has 1 nitrogen and oxygen atoms in total. The van der Waals surface area contributed by atoms with Gasteiger partial charge in [-0.25, -0.2) is 0 Å². The van der Waals surface area contributed by atoms with Gasteiger partial charge in [0.2, 0.25) is 0 Å². The molecule has 0 unspecified atom stereocenters. The molecule has 6 heavy (non-hydrogen) atoms. The summed E-state index contributed by atoms with van der Waals surface area (Å²) >= 11 is -0.171. The minimum atomic E-state index is -0.171. The van der Waals surface area contributed by atoms with Crippen molar-refractivity contribution in [1.82, 2.24) is 0 Å². The van der Waals surface area contributed by atoms with E-state index in [1.807, 2.05) is 0 Å². The van der Waals surface area contributed by atoms with Crippen LogP contribution in [-0.2, 0) is 20.9 Å². The molecule has 0 saturated heterocycles. The predicted octanol–water partition coefficient (Wildman–Crippen LogP) is 1.23. The van der Waals surface area contributed by atoms with Crippen molar-refractivity contribution in [2.75, 3.05) is 0 Å². The number of ketones is 1. The Morgan fingerprint density at radius 3 is 2.50 bits per heavy atom. The van der Waals surface area contributed by atoms with Crippen molar-refractivity contribution in [3.63, 3.8) is 0 Å². The maximum atomic E-state index is 9.98. The average Bonchev–Trinajstić information content (AvgIpc) is 1.35. The summed E-state index contributed by atoms with van der Waals surface area (Å²) in [5.74, 6) is 0.197. The molecule has 0 spiro atoms. The van der Waals surface area contributed by atoms with Gasteiger partial charge >= 0.3 is 48.3 Å². The molecule has 0 aliphatic heterocycles. The molecule has 38 valence electrons. The zero-order valence-corrected chi connectivity index (χ0v) is 5.84. The van der Waals surface area contributed by atoms with Crippen molar-refractivity contribution < 1.29 is 20.9 Å². The molecule has 0 aromatic carbocycles. The van der Waals surface area contributed by atoms with Gasteiger partial charge in [0.1, 0.15) is 0 Å². The summed E-state index contributed by atoms with van der Waals surface area (Å²) in [7, 11) is 5.27. The molecule has 0 saturated carbocycles. The van der Waals surface area contributed by atoms with Gasteiger partial charge < -0.3 is 0 Å². The van der Waals surface area contributed by atoms with E-state index in [0.717, 1.165) is 0 Å². The van der Waals surface area contributed by atoms with Crippen LogP contribution in [-0.4, -0.2) is 5.78 Å². The Hall–Kier alpha value is 0.583. The summed E-state index contributed by atoms with van der Waals surface area (Å²) in [6, 6.07) is 0. The summed E-state index contributed by atoms with van der Waals surface area (Å²) in [5, 5.41) is 0.592. The van der Waals surface area contributed by atoms with Gasteiger partial charge in [-0.1, -0.05) is 0 Å². The molecule has 0 aromatic heterocycles. The van der Waals surface area contributed by atoms with Gasteiger partial charge in [0.05, 0.1) is 0 Å². The van der Waals surface area contributed by atoms with E-state index in [2.05, 4.69) is 0 Å². The van der Waals surface area contributed by atoms with Gasteiger partial charge in [-0.15, -0.1) is 0 Å². The van der Waals surface area contributed by atoms with Crippen molar-refractivity contribution in [2.24, 2.45) is 0 Å². The van der Waals surface area contributed by atoms with Gasteiger partial charge in [-0.2, -0.15) is 0 Å². The number of carbonyl (C=O) groups excluding carboxylic acids is 1. The molecule has 0 N–H and O–H groups in total. The number of carbonyl (C=O) groups is 1. The van der Waals surface area contributed by atoms with Crippen LogP contribution in [0.3, 0.4) is 0 Å². The van der Waals surface area contributed by atoms with Crippen LogP contribution in [0.5, 0.6) is 0 Å². The first-order valence-electron chi connectivity index (χ1n) is 1.44. The molecule has 3 heteroatoms. The summed E-state index contributed by atoms with van der Waals surface area (Å²) in [6.45, 7) is 1.55.